The molecule has 0 N–H and O–H groups in total. The van der Waals surface area contributed by atoms with Gasteiger partial charge in [0, 0.05) is 16.5 Å². The Bertz CT molecular complexity index is 452. The summed E-state index contributed by atoms with van der Waals surface area (Å²) >= 11 is 5.98. The number of nitrogens with zero attached hydrogens (tertiary/aromatic N) is 1. The Hall–Kier alpha value is -0.540. The molecule has 0 radical (unpaired) electrons. The summed E-state index contributed by atoms with van der Waals surface area (Å²) in [6.45, 7) is 5.69. The van der Waals surface area contributed by atoms with Crippen molar-refractivity contribution in [1.29, 1.82) is 0 Å². The van der Waals surface area contributed by atoms with Gasteiger partial charge in [0.25, 0.3) is 0 Å². The van der Waals surface area contributed by atoms with Crippen molar-refractivity contribution in [3.05, 3.63) is 28.8 Å². The quantitative estimate of drug-likeness (QED) is 0.797. The van der Waals surface area contributed by atoms with Gasteiger partial charge in [0.2, 0.25) is 0 Å². The van der Waals surface area contributed by atoms with Crippen LogP contribution in [0.4, 0.5) is 5.69 Å². The fourth-order valence-corrected chi connectivity index (χ4v) is 2.60. The molecule has 4 heteroatoms. The molecule has 15 heavy (non-hydrogen) atoms. The molecular formula is C11H16ClNOS. The molecule has 0 atom stereocenters. The van der Waals surface area contributed by atoms with Gasteiger partial charge in [0.1, 0.15) is 0 Å². The fraction of sp³-hybridized carbons (Fsp3) is 0.455. The highest BCUT2D eigenvalue weighted by Gasteiger charge is 2.06. The summed E-state index contributed by atoms with van der Waals surface area (Å²) in [6, 6.07) is 5.50. The molecule has 0 fully saturated rings. The Kier molecular flexibility index (Phi) is 4.17. The maximum atomic E-state index is 12.1. The minimum Gasteiger partial charge on any atom is -0.249 e. The predicted molar refractivity (Wildman–Crippen MR) is 67.5 cm³/mol. The molecule has 1 aromatic carbocycles. The zero-order valence-corrected chi connectivity index (χ0v) is 10.9. The van der Waals surface area contributed by atoms with Crippen LogP contribution in [0, 0.1) is 6.92 Å². The summed E-state index contributed by atoms with van der Waals surface area (Å²) in [7, 11) is -2.09. The van der Waals surface area contributed by atoms with Gasteiger partial charge in [-0.1, -0.05) is 31.5 Å². The molecule has 0 heterocycles. The molecule has 1 aromatic rings. The number of benzene rings is 1. The van der Waals surface area contributed by atoms with E-state index in [1.807, 2.05) is 39.0 Å². The van der Waals surface area contributed by atoms with Crippen LogP contribution in [0.5, 0.6) is 0 Å². The maximum absolute atomic E-state index is 12.1. The van der Waals surface area contributed by atoms with E-state index in [0.29, 0.717) is 16.5 Å². The third-order valence-electron chi connectivity index (χ3n) is 2.41. The van der Waals surface area contributed by atoms with Gasteiger partial charge in [-0.25, -0.2) is 4.21 Å². The smallest absolute Gasteiger partial charge is 0.0774 e. The van der Waals surface area contributed by atoms with Crippen LogP contribution in [0.15, 0.2) is 22.6 Å². The van der Waals surface area contributed by atoms with Crippen LogP contribution in [0.25, 0.3) is 0 Å². The molecule has 0 bridgehead atoms. The van der Waals surface area contributed by atoms with Gasteiger partial charge in [-0.2, -0.15) is 4.36 Å². The lowest BCUT2D eigenvalue weighted by molar-refractivity contribution is 0.678. The molecule has 0 amide bonds. The molecule has 1 rings (SSSR count). The van der Waals surface area contributed by atoms with Gasteiger partial charge in [0.15, 0.2) is 0 Å². The molecule has 0 saturated heterocycles. The van der Waals surface area contributed by atoms with Crippen LogP contribution in [0.3, 0.4) is 0 Å². The molecule has 2 nitrogen and oxygen atoms in total. The van der Waals surface area contributed by atoms with E-state index in [4.69, 9.17) is 11.6 Å². The van der Waals surface area contributed by atoms with Crippen molar-refractivity contribution in [3.63, 3.8) is 0 Å². The Balaban J connectivity index is 3.30. The summed E-state index contributed by atoms with van der Waals surface area (Å²) in [5, 5.41) is 0.671. The van der Waals surface area contributed by atoms with Gasteiger partial charge in [-0.15, -0.1) is 0 Å². The highest BCUT2D eigenvalue weighted by Crippen LogP contribution is 2.26. The van der Waals surface area contributed by atoms with E-state index in [-0.39, 0.29) is 0 Å². The molecule has 0 aromatic heterocycles. The molecule has 0 saturated carbocycles. The van der Waals surface area contributed by atoms with Crippen molar-refractivity contribution in [1.82, 2.24) is 0 Å². The topological polar surface area (TPSA) is 29.4 Å². The van der Waals surface area contributed by atoms with Gasteiger partial charge >= 0.3 is 0 Å². The number of rotatable bonds is 3. The van der Waals surface area contributed by atoms with Crippen molar-refractivity contribution in [2.24, 2.45) is 4.36 Å². The number of hydrogen-bond acceptors (Lipinski definition) is 2. The lowest BCUT2D eigenvalue weighted by Gasteiger charge is -2.06. The monoisotopic (exact) mass is 245 g/mol. The lowest BCUT2D eigenvalue weighted by atomic mass is 10.2. The third-order valence-corrected chi connectivity index (χ3v) is 5.15. The van der Waals surface area contributed by atoms with E-state index in [1.54, 1.807) is 0 Å². The van der Waals surface area contributed by atoms with E-state index in [9.17, 15) is 4.21 Å². The average Bonchev–Trinajstić information content (AvgIpc) is 2.25. The molecule has 0 aliphatic carbocycles. The minimum absolute atomic E-state index is 0.579. The van der Waals surface area contributed by atoms with Crippen LogP contribution in [-0.2, 0) is 9.73 Å². The first-order valence-corrected chi connectivity index (χ1v) is 7.23. The zero-order chi connectivity index (χ0) is 11.5. The van der Waals surface area contributed by atoms with Crippen LogP contribution >= 0.6 is 11.6 Å². The molecule has 0 aliphatic heterocycles. The Morgan fingerprint density at radius 3 is 2.47 bits per heavy atom. The van der Waals surface area contributed by atoms with Crippen molar-refractivity contribution in [2.75, 3.05) is 11.5 Å². The lowest BCUT2D eigenvalue weighted by Crippen LogP contribution is -2.05. The van der Waals surface area contributed by atoms with Gasteiger partial charge in [-0.3, -0.25) is 0 Å². The normalized spacial score (nSPS) is 11.5. The van der Waals surface area contributed by atoms with E-state index in [0.717, 1.165) is 11.3 Å². The molecule has 0 spiro atoms. The van der Waals surface area contributed by atoms with Gasteiger partial charge < -0.3 is 0 Å². The summed E-state index contributed by atoms with van der Waals surface area (Å²) in [4.78, 5) is 0. The molecule has 0 aliphatic rings. The summed E-state index contributed by atoms with van der Waals surface area (Å²) in [5.41, 5.74) is 1.64. The Labute approximate surface area is 96.8 Å². The number of halogens is 1. The Morgan fingerprint density at radius 2 is 1.93 bits per heavy atom. The average molecular weight is 246 g/mol. The molecule has 84 valence electrons. The first-order chi connectivity index (χ1) is 7.02. The highest BCUT2D eigenvalue weighted by atomic mass is 35.5. The maximum Gasteiger partial charge on any atom is 0.0774 e. The first kappa shape index (κ1) is 12.5. The SMILES string of the molecule is CCS(=O)(CC)=Nc1cccc(Cl)c1C. The van der Waals surface area contributed by atoms with Crippen molar-refractivity contribution in [2.45, 2.75) is 20.8 Å². The zero-order valence-electron chi connectivity index (χ0n) is 9.29. The van der Waals surface area contributed by atoms with Gasteiger partial charge in [0.05, 0.1) is 15.4 Å². The van der Waals surface area contributed by atoms with Gasteiger partial charge in [-0.05, 0) is 24.6 Å². The van der Waals surface area contributed by atoms with Crippen molar-refractivity contribution >= 4 is 27.0 Å². The van der Waals surface area contributed by atoms with E-state index < -0.39 is 9.73 Å². The van der Waals surface area contributed by atoms with E-state index in [1.165, 1.54) is 0 Å². The first-order valence-electron chi connectivity index (χ1n) is 5.00. The second-order valence-electron chi connectivity index (χ2n) is 3.33. The summed E-state index contributed by atoms with van der Waals surface area (Å²) in [5.74, 6) is 1.16. The predicted octanol–water partition coefficient (Wildman–Crippen LogP) is 3.79. The molecule has 0 unspecified atom stereocenters. The summed E-state index contributed by atoms with van der Waals surface area (Å²) in [6.07, 6.45) is 0. The van der Waals surface area contributed by atoms with Crippen molar-refractivity contribution < 1.29 is 4.21 Å². The van der Waals surface area contributed by atoms with Crippen LogP contribution in [0.2, 0.25) is 5.02 Å². The van der Waals surface area contributed by atoms with Crippen molar-refractivity contribution in [3.8, 4) is 0 Å². The van der Waals surface area contributed by atoms with E-state index >= 15 is 0 Å². The second kappa shape index (κ2) is 4.99. The van der Waals surface area contributed by atoms with Crippen LogP contribution < -0.4 is 0 Å². The second-order valence-corrected chi connectivity index (χ2v) is 6.61. The third kappa shape index (κ3) is 2.95. The largest absolute Gasteiger partial charge is 0.249 e. The van der Waals surface area contributed by atoms with Crippen LogP contribution in [0.1, 0.15) is 19.4 Å². The number of hydrogen-bond donors (Lipinski definition) is 0. The van der Waals surface area contributed by atoms with E-state index in [2.05, 4.69) is 4.36 Å². The van der Waals surface area contributed by atoms with Crippen LogP contribution in [-0.4, -0.2) is 15.7 Å². The standard InChI is InChI=1S/C11H16ClNOS/c1-4-15(14,5-2)13-11-8-6-7-10(12)9(11)3/h6-8H,4-5H2,1-3H3. The minimum atomic E-state index is -2.09. The summed E-state index contributed by atoms with van der Waals surface area (Å²) < 4.78 is 16.5. The fourth-order valence-electron chi connectivity index (χ4n) is 1.21. The highest BCUT2D eigenvalue weighted by molar-refractivity contribution is 7.93. The molecular weight excluding hydrogens is 230 g/mol. The Morgan fingerprint density at radius 1 is 1.33 bits per heavy atom.